The van der Waals surface area contributed by atoms with Crippen molar-refractivity contribution in [3.05, 3.63) is 16.0 Å². The van der Waals surface area contributed by atoms with Crippen LogP contribution in [0.15, 0.2) is 0 Å². The van der Waals surface area contributed by atoms with Gasteiger partial charge in [0.15, 0.2) is 0 Å². The summed E-state index contributed by atoms with van der Waals surface area (Å²) in [5.41, 5.74) is 1.61. The van der Waals surface area contributed by atoms with Gasteiger partial charge in [-0.3, -0.25) is 4.79 Å². The fourth-order valence-electron chi connectivity index (χ4n) is 3.47. The van der Waals surface area contributed by atoms with Gasteiger partial charge in [-0.05, 0) is 43.1 Å². The number of esters is 1. The Labute approximate surface area is 155 Å². The highest BCUT2D eigenvalue weighted by molar-refractivity contribution is 7.17. The first kappa shape index (κ1) is 20.0. The van der Waals surface area contributed by atoms with Crippen LogP contribution in [0.1, 0.15) is 81.1 Å². The summed E-state index contributed by atoms with van der Waals surface area (Å²) >= 11 is 1.57. The van der Waals surface area contributed by atoms with Gasteiger partial charge >= 0.3 is 5.97 Å². The molecule has 0 fully saturated rings. The fraction of sp³-hybridized carbons (Fsp3) is 0.700. The predicted octanol–water partition coefficient (Wildman–Crippen LogP) is 5.20. The molecule has 0 radical (unpaired) electrons. The van der Waals surface area contributed by atoms with E-state index in [1.54, 1.807) is 11.3 Å². The lowest BCUT2D eigenvalue weighted by atomic mass is 9.84. The van der Waals surface area contributed by atoms with Crippen LogP contribution >= 0.6 is 11.3 Å². The number of amides is 1. The second-order valence-electron chi connectivity index (χ2n) is 8.11. The molecule has 0 aromatic carbocycles. The summed E-state index contributed by atoms with van der Waals surface area (Å²) in [4.78, 5) is 26.1. The first-order valence-corrected chi connectivity index (χ1v) is 10.2. The average molecular weight is 366 g/mol. The minimum absolute atomic E-state index is 0.0400. The van der Waals surface area contributed by atoms with Gasteiger partial charge in [-0.15, -0.1) is 11.3 Å². The SMILES string of the molecule is CCCC1CCc2c(sc(NC(=O)CC(C)(C)C)c2C(=O)OCC)C1. The maximum atomic E-state index is 12.5. The fourth-order valence-corrected chi connectivity index (χ4v) is 4.83. The molecule has 25 heavy (non-hydrogen) atoms. The standard InChI is InChI=1S/C20H31NO3S/c1-6-8-13-9-10-14-15(11-13)25-18(17(14)19(23)24-7-2)21-16(22)12-20(3,4)5/h13H,6-12H2,1-5H3,(H,21,22). The van der Waals surface area contributed by atoms with Crippen LogP contribution in [-0.4, -0.2) is 18.5 Å². The van der Waals surface area contributed by atoms with Gasteiger partial charge in [0.2, 0.25) is 5.91 Å². The third-order valence-electron chi connectivity index (χ3n) is 4.49. The highest BCUT2D eigenvalue weighted by Gasteiger charge is 2.30. The Morgan fingerprint density at radius 3 is 2.60 bits per heavy atom. The summed E-state index contributed by atoms with van der Waals surface area (Å²) in [6.45, 7) is 10.5. The van der Waals surface area contributed by atoms with Crippen LogP contribution in [0.5, 0.6) is 0 Å². The van der Waals surface area contributed by atoms with Gasteiger partial charge < -0.3 is 10.1 Å². The van der Waals surface area contributed by atoms with Crippen LogP contribution in [0.4, 0.5) is 5.00 Å². The van der Waals surface area contributed by atoms with Crippen molar-refractivity contribution in [2.75, 3.05) is 11.9 Å². The molecule has 0 spiro atoms. The van der Waals surface area contributed by atoms with Crippen LogP contribution in [-0.2, 0) is 22.4 Å². The van der Waals surface area contributed by atoms with Crippen molar-refractivity contribution in [1.29, 1.82) is 0 Å². The number of nitrogens with one attached hydrogen (secondary N) is 1. The number of anilines is 1. The molecule has 1 aromatic rings. The van der Waals surface area contributed by atoms with E-state index in [1.165, 1.54) is 17.7 Å². The summed E-state index contributed by atoms with van der Waals surface area (Å²) in [7, 11) is 0. The smallest absolute Gasteiger partial charge is 0.341 e. The van der Waals surface area contributed by atoms with E-state index in [0.717, 1.165) is 24.8 Å². The molecule has 4 nitrogen and oxygen atoms in total. The highest BCUT2D eigenvalue weighted by Crippen LogP contribution is 2.41. The Kier molecular flexibility index (Phi) is 6.66. The van der Waals surface area contributed by atoms with E-state index in [9.17, 15) is 9.59 Å². The van der Waals surface area contributed by atoms with E-state index in [4.69, 9.17) is 4.74 Å². The van der Waals surface area contributed by atoms with Crippen LogP contribution in [0.2, 0.25) is 0 Å². The Morgan fingerprint density at radius 2 is 2.00 bits per heavy atom. The van der Waals surface area contributed by atoms with Crippen molar-refractivity contribution in [3.63, 3.8) is 0 Å². The molecular formula is C20H31NO3S. The van der Waals surface area contributed by atoms with Crippen molar-refractivity contribution in [1.82, 2.24) is 0 Å². The molecule has 0 saturated carbocycles. The third-order valence-corrected chi connectivity index (χ3v) is 5.66. The second kappa shape index (κ2) is 8.35. The van der Waals surface area contributed by atoms with Gasteiger partial charge in [-0.1, -0.05) is 40.5 Å². The van der Waals surface area contributed by atoms with Crippen LogP contribution in [0.3, 0.4) is 0 Å². The quantitative estimate of drug-likeness (QED) is 0.705. The van der Waals surface area contributed by atoms with Gasteiger partial charge in [0, 0.05) is 11.3 Å². The average Bonchev–Trinajstić information content (AvgIpc) is 2.82. The van der Waals surface area contributed by atoms with E-state index in [-0.39, 0.29) is 17.3 Å². The Balaban J connectivity index is 2.28. The minimum Gasteiger partial charge on any atom is -0.462 e. The van der Waals surface area contributed by atoms with Gasteiger partial charge in [0.1, 0.15) is 5.00 Å². The zero-order valence-corrected chi connectivity index (χ0v) is 17.0. The molecule has 140 valence electrons. The molecule has 1 N–H and O–H groups in total. The number of fused-ring (bicyclic) bond motifs is 1. The Hall–Kier alpha value is -1.36. The van der Waals surface area contributed by atoms with Crippen LogP contribution in [0, 0.1) is 11.3 Å². The number of hydrogen-bond donors (Lipinski definition) is 1. The lowest BCUT2D eigenvalue weighted by Crippen LogP contribution is -2.21. The molecule has 1 amide bonds. The number of carbonyl (C=O) groups excluding carboxylic acids is 2. The molecule has 5 heteroatoms. The minimum atomic E-state index is -0.306. The summed E-state index contributed by atoms with van der Waals surface area (Å²) in [5, 5.41) is 3.66. The van der Waals surface area contributed by atoms with E-state index < -0.39 is 0 Å². The summed E-state index contributed by atoms with van der Waals surface area (Å²) in [6, 6.07) is 0. The van der Waals surface area contributed by atoms with Crippen LogP contribution in [0.25, 0.3) is 0 Å². The number of hydrogen-bond acceptors (Lipinski definition) is 4. The number of carbonyl (C=O) groups is 2. The highest BCUT2D eigenvalue weighted by atomic mass is 32.1. The molecule has 0 bridgehead atoms. The van der Waals surface area contributed by atoms with E-state index in [2.05, 4.69) is 12.2 Å². The van der Waals surface area contributed by atoms with Crippen molar-refractivity contribution in [2.24, 2.45) is 11.3 Å². The van der Waals surface area contributed by atoms with Crippen molar-refractivity contribution < 1.29 is 14.3 Å². The molecule has 0 aliphatic heterocycles. The topological polar surface area (TPSA) is 55.4 Å². The predicted molar refractivity (Wildman–Crippen MR) is 103 cm³/mol. The van der Waals surface area contributed by atoms with Gasteiger partial charge in [0.25, 0.3) is 0 Å². The van der Waals surface area contributed by atoms with Crippen molar-refractivity contribution in [2.45, 2.75) is 73.1 Å². The molecule has 1 aliphatic carbocycles. The van der Waals surface area contributed by atoms with E-state index >= 15 is 0 Å². The molecule has 1 unspecified atom stereocenters. The molecule has 2 rings (SSSR count). The number of rotatable bonds is 6. The second-order valence-corrected chi connectivity index (χ2v) is 9.22. The van der Waals surface area contributed by atoms with Gasteiger partial charge in [-0.25, -0.2) is 4.79 Å². The van der Waals surface area contributed by atoms with Crippen LogP contribution < -0.4 is 5.32 Å². The molecule has 0 saturated heterocycles. The van der Waals surface area contributed by atoms with Gasteiger partial charge in [-0.2, -0.15) is 0 Å². The maximum absolute atomic E-state index is 12.5. The lowest BCUT2D eigenvalue weighted by molar-refractivity contribution is -0.117. The normalized spacial score (nSPS) is 17.1. The Morgan fingerprint density at radius 1 is 1.28 bits per heavy atom. The first-order valence-electron chi connectivity index (χ1n) is 9.36. The van der Waals surface area contributed by atoms with E-state index in [1.807, 2.05) is 27.7 Å². The van der Waals surface area contributed by atoms with Crippen molar-refractivity contribution >= 4 is 28.2 Å². The van der Waals surface area contributed by atoms with E-state index in [0.29, 0.717) is 29.5 Å². The Bertz CT molecular complexity index is 628. The zero-order valence-electron chi connectivity index (χ0n) is 16.2. The largest absolute Gasteiger partial charge is 0.462 e. The molecule has 1 heterocycles. The first-order chi connectivity index (χ1) is 11.7. The summed E-state index contributed by atoms with van der Waals surface area (Å²) in [5.74, 6) is 0.339. The molecule has 1 atom stereocenters. The summed E-state index contributed by atoms with van der Waals surface area (Å²) in [6.07, 6.45) is 5.86. The molecule has 1 aromatic heterocycles. The monoisotopic (exact) mass is 365 g/mol. The number of thiophene rings is 1. The zero-order chi connectivity index (χ0) is 18.6. The van der Waals surface area contributed by atoms with Crippen molar-refractivity contribution in [3.8, 4) is 0 Å². The maximum Gasteiger partial charge on any atom is 0.341 e. The number of ether oxygens (including phenoxy) is 1. The molecular weight excluding hydrogens is 334 g/mol. The third kappa shape index (κ3) is 5.30. The van der Waals surface area contributed by atoms with Gasteiger partial charge in [0.05, 0.1) is 12.2 Å². The molecule has 1 aliphatic rings. The lowest BCUT2D eigenvalue weighted by Gasteiger charge is -2.22. The summed E-state index contributed by atoms with van der Waals surface area (Å²) < 4.78 is 5.27.